The number of benzene rings is 2. The lowest BCUT2D eigenvalue weighted by molar-refractivity contribution is -0.0545. The lowest BCUT2D eigenvalue weighted by atomic mass is 9.94. The molecule has 1 aromatic heterocycles. The smallest absolute Gasteiger partial charge is 0.278 e. The van der Waals surface area contributed by atoms with E-state index < -0.39 is 29.3 Å². The second-order valence-electron chi connectivity index (χ2n) is 9.17. The van der Waals surface area contributed by atoms with Crippen LogP contribution >= 0.6 is 0 Å². The molecule has 33 heavy (non-hydrogen) atoms. The van der Waals surface area contributed by atoms with Gasteiger partial charge in [-0.15, -0.1) is 0 Å². The molecule has 0 saturated heterocycles. The third kappa shape index (κ3) is 3.73. The van der Waals surface area contributed by atoms with Crippen molar-refractivity contribution in [3.05, 3.63) is 70.9 Å². The normalized spacial score (nSPS) is 17.1. The number of fused-ring (bicyclic) bond motifs is 2. The van der Waals surface area contributed by atoms with E-state index in [2.05, 4.69) is 28.8 Å². The van der Waals surface area contributed by atoms with Gasteiger partial charge in [-0.05, 0) is 31.5 Å². The Morgan fingerprint density at radius 1 is 1.15 bits per heavy atom. The van der Waals surface area contributed by atoms with Crippen LogP contribution in [0.2, 0.25) is 0 Å². The molecule has 0 saturated carbocycles. The van der Waals surface area contributed by atoms with Gasteiger partial charge in [-0.3, -0.25) is 0 Å². The predicted molar refractivity (Wildman–Crippen MR) is 127 cm³/mol. The summed E-state index contributed by atoms with van der Waals surface area (Å²) in [5.41, 5.74) is 3.51. The molecule has 1 aliphatic heterocycles. The molecule has 0 spiro atoms. The van der Waals surface area contributed by atoms with Gasteiger partial charge in [0.25, 0.3) is 5.92 Å². The van der Waals surface area contributed by atoms with Crippen LogP contribution in [0.1, 0.15) is 62.2 Å². The molecule has 2 aromatic carbocycles. The standard InChI is InChI=1S/C26H29F3N4/c1-13(2)26(28,29)21-10-8-9-18(24(21)27)15(4)30-25-20-12-23-19(14(3)16(5)33(23)7)11-22(20)31-17(6)32-25/h8-15H,5H2,1-4,6-7H3,(H,30,31,32)/t14?,15-/m1/s1. The van der Waals surface area contributed by atoms with Crippen LogP contribution in [0.4, 0.5) is 24.7 Å². The number of anilines is 2. The van der Waals surface area contributed by atoms with Crippen LogP contribution in [0.3, 0.4) is 0 Å². The number of likely N-dealkylation sites (N-methyl/N-ethyl adjacent to an activating group) is 1. The van der Waals surface area contributed by atoms with Crippen molar-refractivity contribution < 1.29 is 13.2 Å². The van der Waals surface area contributed by atoms with Crippen molar-refractivity contribution in [2.24, 2.45) is 5.92 Å². The summed E-state index contributed by atoms with van der Waals surface area (Å²) >= 11 is 0. The maximum absolute atomic E-state index is 15.2. The van der Waals surface area contributed by atoms with Crippen molar-refractivity contribution in [2.45, 2.75) is 52.5 Å². The first-order valence-corrected chi connectivity index (χ1v) is 11.1. The van der Waals surface area contributed by atoms with E-state index in [4.69, 9.17) is 0 Å². The van der Waals surface area contributed by atoms with E-state index in [1.54, 1.807) is 13.8 Å². The van der Waals surface area contributed by atoms with Crippen molar-refractivity contribution >= 4 is 22.4 Å². The molecule has 0 fully saturated rings. The highest BCUT2D eigenvalue weighted by molar-refractivity contribution is 5.94. The van der Waals surface area contributed by atoms with Crippen LogP contribution in [0, 0.1) is 18.7 Å². The zero-order valence-corrected chi connectivity index (χ0v) is 19.8. The molecule has 1 unspecified atom stereocenters. The first-order valence-electron chi connectivity index (χ1n) is 11.1. The monoisotopic (exact) mass is 454 g/mol. The fourth-order valence-corrected chi connectivity index (χ4v) is 4.40. The summed E-state index contributed by atoms with van der Waals surface area (Å²) in [7, 11) is 1.97. The van der Waals surface area contributed by atoms with E-state index in [1.165, 1.54) is 26.0 Å². The molecule has 1 aliphatic rings. The number of alkyl halides is 2. The number of nitrogens with zero attached hydrogens (tertiary/aromatic N) is 3. The van der Waals surface area contributed by atoms with Crippen molar-refractivity contribution in [3.8, 4) is 0 Å². The van der Waals surface area contributed by atoms with Crippen molar-refractivity contribution in [1.82, 2.24) is 9.97 Å². The molecular weight excluding hydrogens is 425 g/mol. The average Bonchev–Trinajstić information content (AvgIpc) is 2.95. The number of hydrogen-bond acceptors (Lipinski definition) is 4. The van der Waals surface area contributed by atoms with Crippen LogP contribution in [-0.2, 0) is 5.92 Å². The Bertz CT molecular complexity index is 1250. The highest BCUT2D eigenvalue weighted by atomic mass is 19.3. The van der Waals surface area contributed by atoms with Crippen molar-refractivity contribution in [3.63, 3.8) is 0 Å². The van der Waals surface area contributed by atoms with Gasteiger partial charge in [0.15, 0.2) is 0 Å². The largest absolute Gasteiger partial charge is 0.363 e. The number of halogens is 3. The zero-order chi connectivity index (χ0) is 24.2. The number of aromatic nitrogens is 2. The summed E-state index contributed by atoms with van der Waals surface area (Å²) in [5.74, 6) is -3.89. The highest BCUT2D eigenvalue weighted by Gasteiger charge is 2.39. The lowest BCUT2D eigenvalue weighted by Gasteiger charge is -2.24. The van der Waals surface area contributed by atoms with E-state index >= 15 is 4.39 Å². The predicted octanol–water partition coefficient (Wildman–Crippen LogP) is 7.07. The van der Waals surface area contributed by atoms with E-state index in [9.17, 15) is 8.78 Å². The first kappa shape index (κ1) is 23.1. The van der Waals surface area contributed by atoms with Gasteiger partial charge in [0, 0.05) is 41.2 Å². The number of allylic oxidation sites excluding steroid dienone is 1. The van der Waals surface area contributed by atoms with Crippen molar-refractivity contribution in [1.29, 1.82) is 0 Å². The number of aryl methyl sites for hydroxylation is 1. The van der Waals surface area contributed by atoms with Gasteiger partial charge < -0.3 is 10.2 Å². The Morgan fingerprint density at radius 2 is 1.85 bits per heavy atom. The van der Waals surface area contributed by atoms with E-state index in [0.29, 0.717) is 11.6 Å². The quantitative estimate of drug-likeness (QED) is 0.448. The molecule has 2 heterocycles. The van der Waals surface area contributed by atoms with Crippen LogP contribution in [0.5, 0.6) is 0 Å². The highest BCUT2D eigenvalue weighted by Crippen LogP contribution is 2.44. The molecule has 0 bridgehead atoms. The number of rotatable bonds is 5. The zero-order valence-electron chi connectivity index (χ0n) is 19.8. The Balaban J connectivity index is 1.77. The minimum Gasteiger partial charge on any atom is -0.363 e. The Morgan fingerprint density at radius 3 is 2.52 bits per heavy atom. The van der Waals surface area contributed by atoms with Crippen LogP contribution < -0.4 is 10.2 Å². The summed E-state index contributed by atoms with van der Waals surface area (Å²) in [4.78, 5) is 11.2. The third-order valence-electron chi connectivity index (χ3n) is 6.65. The van der Waals surface area contributed by atoms with Crippen molar-refractivity contribution in [2.75, 3.05) is 17.3 Å². The average molecular weight is 455 g/mol. The van der Waals surface area contributed by atoms with Gasteiger partial charge in [0.05, 0.1) is 17.1 Å². The molecule has 3 aromatic rings. The Hall–Kier alpha value is -3.09. The summed E-state index contributed by atoms with van der Waals surface area (Å²) in [6.07, 6.45) is 0. The van der Waals surface area contributed by atoms with Gasteiger partial charge in [-0.1, -0.05) is 45.5 Å². The lowest BCUT2D eigenvalue weighted by Crippen LogP contribution is -2.24. The molecule has 0 radical (unpaired) electrons. The summed E-state index contributed by atoms with van der Waals surface area (Å²) < 4.78 is 44.4. The van der Waals surface area contributed by atoms with E-state index in [1.807, 2.05) is 24.1 Å². The SMILES string of the molecule is C=C1C(C)c2cc3nc(C)nc(N[C@H](C)c4cccc(C(F)(F)C(C)C)c4F)c3cc2N1C. The maximum atomic E-state index is 15.2. The molecule has 2 atom stereocenters. The molecule has 1 N–H and O–H groups in total. The molecule has 4 rings (SSSR count). The number of nitrogens with one attached hydrogen (secondary N) is 1. The fourth-order valence-electron chi connectivity index (χ4n) is 4.40. The summed E-state index contributed by atoms with van der Waals surface area (Å²) in [6, 6.07) is 7.61. The minimum absolute atomic E-state index is 0.164. The van der Waals surface area contributed by atoms with E-state index in [-0.39, 0.29) is 11.5 Å². The molecule has 0 aliphatic carbocycles. The topological polar surface area (TPSA) is 41.1 Å². The Kier molecular flexibility index (Phi) is 5.63. The molecule has 4 nitrogen and oxygen atoms in total. The molecule has 174 valence electrons. The second kappa shape index (κ2) is 8.04. The van der Waals surface area contributed by atoms with Gasteiger partial charge in [-0.2, -0.15) is 0 Å². The molecule has 0 amide bonds. The first-order chi connectivity index (χ1) is 15.4. The second-order valence-corrected chi connectivity index (χ2v) is 9.17. The van der Waals surface area contributed by atoms with Crippen LogP contribution in [0.25, 0.3) is 10.9 Å². The van der Waals surface area contributed by atoms with Gasteiger partial charge in [0.2, 0.25) is 0 Å². The van der Waals surface area contributed by atoms with Gasteiger partial charge in [-0.25, -0.2) is 23.1 Å². The maximum Gasteiger partial charge on any atom is 0.278 e. The summed E-state index contributed by atoms with van der Waals surface area (Å²) in [6.45, 7) is 12.6. The summed E-state index contributed by atoms with van der Waals surface area (Å²) in [5, 5.41) is 4.02. The molecular formula is C26H29F3N4. The van der Waals surface area contributed by atoms with Crippen LogP contribution in [0.15, 0.2) is 42.6 Å². The Labute approximate surface area is 192 Å². The minimum atomic E-state index is -3.26. The van der Waals surface area contributed by atoms with E-state index in [0.717, 1.165) is 33.9 Å². The molecule has 7 heteroatoms. The number of hydrogen-bond donors (Lipinski definition) is 1. The van der Waals surface area contributed by atoms with Crippen LogP contribution in [-0.4, -0.2) is 17.0 Å². The third-order valence-corrected chi connectivity index (χ3v) is 6.65. The fraction of sp³-hybridized carbons (Fsp3) is 0.385. The van der Waals surface area contributed by atoms with Gasteiger partial charge >= 0.3 is 0 Å². The van der Waals surface area contributed by atoms with Gasteiger partial charge in [0.1, 0.15) is 17.5 Å².